The SMILES string of the molecule is COc1ccc(NC(=O)N[C@H](C)c2ccc(Cl)cc2Cl)cc1OC. The van der Waals surface area contributed by atoms with Gasteiger partial charge in [0.05, 0.1) is 20.3 Å². The van der Waals surface area contributed by atoms with E-state index in [-0.39, 0.29) is 12.1 Å². The summed E-state index contributed by atoms with van der Waals surface area (Å²) in [6, 6.07) is 9.63. The van der Waals surface area contributed by atoms with Crippen LogP contribution >= 0.6 is 23.2 Å². The molecular formula is C17H18Cl2N2O3. The zero-order chi connectivity index (χ0) is 17.7. The lowest BCUT2D eigenvalue weighted by Crippen LogP contribution is -2.31. The molecule has 0 aliphatic rings. The molecule has 0 heterocycles. The van der Waals surface area contributed by atoms with E-state index in [9.17, 15) is 4.79 Å². The summed E-state index contributed by atoms with van der Waals surface area (Å²) in [5.41, 5.74) is 1.36. The lowest BCUT2D eigenvalue weighted by Gasteiger charge is -2.17. The Kier molecular flexibility index (Phi) is 6.17. The fourth-order valence-corrected chi connectivity index (χ4v) is 2.78. The summed E-state index contributed by atoms with van der Waals surface area (Å²) in [4.78, 5) is 12.2. The van der Waals surface area contributed by atoms with Crippen LogP contribution < -0.4 is 20.1 Å². The fraction of sp³-hybridized carbons (Fsp3) is 0.235. The van der Waals surface area contributed by atoms with E-state index < -0.39 is 0 Å². The number of carbonyl (C=O) groups is 1. The molecule has 0 bridgehead atoms. The van der Waals surface area contributed by atoms with E-state index in [0.29, 0.717) is 27.2 Å². The second-order valence-electron chi connectivity index (χ2n) is 5.06. The Hall–Kier alpha value is -2.11. The van der Waals surface area contributed by atoms with Crippen LogP contribution in [0.1, 0.15) is 18.5 Å². The summed E-state index contributed by atoms with van der Waals surface area (Å²) in [6.45, 7) is 1.84. The van der Waals surface area contributed by atoms with Gasteiger partial charge in [0, 0.05) is 21.8 Å². The third kappa shape index (κ3) is 4.46. The van der Waals surface area contributed by atoms with Crippen molar-refractivity contribution in [1.82, 2.24) is 5.32 Å². The Morgan fingerprint density at radius 2 is 1.75 bits per heavy atom. The van der Waals surface area contributed by atoms with E-state index >= 15 is 0 Å². The van der Waals surface area contributed by atoms with Crippen LogP contribution in [0.5, 0.6) is 11.5 Å². The molecule has 7 heteroatoms. The zero-order valence-corrected chi connectivity index (χ0v) is 15.0. The largest absolute Gasteiger partial charge is 0.493 e. The van der Waals surface area contributed by atoms with Gasteiger partial charge in [-0.25, -0.2) is 4.79 Å². The van der Waals surface area contributed by atoms with Gasteiger partial charge in [0.15, 0.2) is 11.5 Å². The zero-order valence-electron chi connectivity index (χ0n) is 13.5. The van der Waals surface area contributed by atoms with Gasteiger partial charge in [0.25, 0.3) is 0 Å². The third-order valence-electron chi connectivity index (χ3n) is 3.42. The van der Waals surface area contributed by atoms with Gasteiger partial charge in [0.2, 0.25) is 0 Å². The number of nitrogens with one attached hydrogen (secondary N) is 2. The maximum absolute atomic E-state index is 12.2. The number of hydrogen-bond donors (Lipinski definition) is 2. The molecule has 0 aliphatic carbocycles. The molecule has 2 N–H and O–H groups in total. The van der Waals surface area contributed by atoms with Gasteiger partial charge in [-0.15, -0.1) is 0 Å². The van der Waals surface area contributed by atoms with Crippen LogP contribution in [0.2, 0.25) is 10.0 Å². The number of anilines is 1. The molecule has 1 atom stereocenters. The van der Waals surface area contributed by atoms with Gasteiger partial charge in [-0.2, -0.15) is 0 Å². The smallest absolute Gasteiger partial charge is 0.319 e. The number of methoxy groups -OCH3 is 2. The van der Waals surface area contributed by atoms with Crippen molar-refractivity contribution < 1.29 is 14.3 Å². The molecule has 2 amide bonds. The summed E-state index contributed by atoms with van der Waals surface area (Å²) in [5.74, 6) is 1.12. The first-order valence-corrected chi connectivity index (χ1v) is 7.94. The van der Waals surface area contributed by atoms with Crippen LogP contribution in [0.15, 0.2) is 36.4 Å². The van der Waals surface area contributed by atoms with Crippen molar-refractivity contribution in [1.29, 1.82) is 0 Å². The minimum Gasteiger partial charge on any atom is -0.493 e. The second-order valence-corrected chi connectivity index (χ2v) is 5.90. The van der Waals surface area contributed by atoms with E-state index in [1.54, 1.807) is 43.5 Å². The molecule has 5 nitrogen and oxygen atoms in total. The van der Waals surface area contributed by atoms with Crippen molar-refractivity contribution >= 4 is 34.9 Å². The Labute approximate surface area is 150 Å². The minimum atomic E-state index is -0.360. The van der Waals surface area contributed by atoms with Crippen LogP contribution in [0.3, 0.4) is 0 Å². The van der Waals surface area contributed by atoms with E-state index in [2.05, 4.69) is 10.6 Å². The van der Waals surface area contributed by atoms with Crippen LogP contribution in [-0.4, -0.2) is 20.3 Å². The molecule has 2 rings (SSSR count). The Bertz CT molecular complexity index is 738. The maximum atomic E-state index is 12.2. The van der Waals surface area contributed by atoms with Crippen molar-refractivity contribution in [2.24, 2.45) is 0 Å². The van der Waals surface area contributed by atoms with Crippen LogP contribution in [0, 0.1) is 0 Å². The molecule has 128 valence electrons. The number of urea groups is 1. The van der Waals surface area contributed by atoms with Crippen molar-refractivity contribution in [2.75, 3.05) is 19.5 Å². The molecule has 0 saturated heterocycles. The van der Waals surface area contributed by atoms with E-state index in [0.717, 1.165) is 5.56 Å². The lowest BCUT2D eigenvalue weighted by molar-refractivity contribution is 0.249. The lowest BCUT2D eigenvalue weighted by atomic mass is 10.1. The van der Waals surface area contributed by atoms with Gasteiger partial charge in [-0.3, -0.25) is 0 Å². The molecule has 2 aromatic rings. The molecule has 2 aromatic carbocycles. The van der Waals surface area contributed by atoms with Crippen molar-refractivity contribution in [2.45, 2.75) is 13.0 Å². The molecule has 0 radical (unpaired) electrons. The second kappa shape index (κ2) is 8.13. The Morgan fingerprint density at radius 3 is 2.38 bits per heavy atom. The fourth-order valence-electron chi connectivity index (χ4n) is 2.21. The predicted molar refractivity (Wildman–Crippen MR) is 96.6 cm³/mol. The van der Waals surface area contributed by atoms with Gasteiger partial charge in [-0.1, -0.05) is 29.3 Å². The van der Waals surface area contributed by atoms with Crippen molar-refractivity contribution in [3.05, 3.63) is 52.0 Å². The Balaban J connectivity index is 2.05. The van der Waals surface area contributed by atoms with Crippen LogP contribution in [-0.2, 0) is 0 Å². The maximum Gasteiger partial charge on any atom is 0.319 e. The molecule has 0 aromatic heterocycles. The standard InChI is InChI=1S/C17H18Cl2N2O3/c1-10(13-6-4-11(18)8-14(13)19)20-17(22)21-12-5-7-15(23-2)16(9-12)24-3/h4-10H,1-3H3,(H2,20,21,22)/t10-/m1/s1. The molecule has 0 aliphatic heterocycles. The van der Waals surface area contributed by atoms with Crippen LogP contribution in [0.4, 0.5) is 10.5 Å². The number of carbonyl (C=O) groups excluding carboxylic acids is 1. The molecule has 0 spiro atoms. The normalized spacial score (nSPS) is 11.5. The molecule has 24 heavy (non-hydrogen) atoms. The van der Waals surface area contributed by atoms with E-state index in [4.69, 9.17) is 32.7 Å². The molecule has 0 fully saturated rings. The first kappa shape index (κ1) is 18.2. The highest BCUT2D eigenvalue weighted by Crippen LogP contribution is 2.30. The van der Waals surface area contributed by atoms with E-state index in [1.807, 2.05) is 6.92 Å². The average molecular weight is 369 g/mol. The monoisotopic (exact) mass is 368 g/mol. The van der Waals surface area contributed by atoms with Crippen LogP contribution in [0.25, 0.3) is 0 Å². The predicted octanol–water partition coefficient (Wildman–Crippen LogP) is 4.89. The number of halogens is 2. The average Bonchev–Trinajstić information content (AvgIpc) is 2.54. The topological polar surface area (TPSA) is 59.6 Å². The first-order chi connectivity index (χ1) is 11.4. The van der Waals surface area contributed by atoms with Gasteiger partial charge >= 0.3 is 6.03 Å². The summed E-state index contributed by atoms with van der Waals surface area (Å²) in [5, 5.41) is 6.61. The highest BCUT2D eigenvalue weighted by molar-refractivity contribution is 6.35. The summed E-state index contributed by atoms with van der Waals surface area (Å²) in [6.07, 6.45) is 0. The first-order valence-electron chi connectivity index (χ1n) is 7.19. The third-order valence-corrected chi connectivity index (χ3v) is 3.98. The highest BCUT2D eigenvalue weighted by atomic mass is 35.5. The summed E-state index contributed by atoms with van der Waals surface area (Å²) < 4.78 is 10.4. The minimum absolute atomic E-state index is 0.282. The number of ether oxygens (including phenoxy) is 2. The van der Waals surface area contributed by atoms with Gasteiger partial charge in [-0.05, 0) is 36.8 Å². The van der Waals surface area contributed by atoms with Crippen molar-refractivity contribution in [3.63, 3.8) is 0 Å². The number of amides is 2. The van der Waals surface area contributed by atoms with Gasteiger partial charge < -0.3 is 20.1 Å². The quantitative estimate of drug-likeness (QED) is 0.789. The molecular weight excluding hydrogens is 351 g/mol. The van der Waals surface area contributed by atoms with Gasteiger partial charge in [0.1, 0.15) is 0 Å². The highest BCUT2D eigenvalue weighted by Gasteiger charge is 2.14. The number of rotatable bonds is 5. The summed E-state index contributed by atoms with van der Waals surface area (Å²) >= 11 is 12.0. The van der Waals surface area contributed by atoms with E-state index in [1.165, 1.54) is 7.11 Å². The summed E-state index contributed by atoms with van der Waals surface area (Å²) in [7, 11) is 3.08. The molecule has 0 unspecified atom stereocenters. The number of benzene rings is 2. The Morgan fingerprint density at radius 1 is 1.04 bits per heavy atom. The van der Waals surface area contributed by atoms with Crippen molar-refractivity contribution in [3.8, 4) is 11.5 Å². The number of hydrogen-bond acceptors (Lipinski definition) is 3. The molecule has 0 saturated carbocycles.